The predicted molar refractivity (Wildman–Crippen MR) is 87.0 cm³/mol. The highest BCUT2D eigenvalue weighted by Crippen LogP contribution is 2.45. The van der Waals surface area contributed by atoms with E-state index in [9.17, 15) is 14.7 Å². The van der Waals surface area contributed by atoms with E-state index < -0.39 is 17.0 Å². The lowest BCUT2D eigenvalue weighted by molar-refractivity contribution is -0.156. The molecule has 2 aliphatic rings. The van der Waals surface area contributed by atoms with Crippen LogP contribution in [0.1, 0.15) is 59.3 Å². The summed E-state index contributed by atoms with van der Waals surface area (Å²) in [5, 5.41) is 9.46. The van der Waals surface area contributed by atoms with E-state index in [1.807, 2.05) is 20.8 Å². The first-order chi connectivity index (χ1) is 10.6. The van der Waals surface area contributed by atoms with Gasteiger partial charge in [0, 0.05) is 19.1 Å². The molecule has 0 aromatic heterocycles. The molecular formula is C17H30N2O4. The fourth-order valence-electron chi connectivity index (χ4n) is 3.70. The zero-order valence-electron chi connectivity index (χ0n) is 14.5. The fraction of sp³-hybridized carbons (Fsp3) is 0.882. The molecule has 1 heterocycles. The number of hydrogen-bond acceptors (Lipinski definition) is 4. The van der Waals surface area contributed by atoms with Crippen LogP contribution in [0, 0.1) is 11.3 Å². The number of piperidine rings is 1. The summed E-state index contributed by atoms with van der Waals surface area (Å²) >= 11 is 0. The number of rotatable bonds is 4. The van der Waals surface area contributed by atoms with E-state index in [-0.39, 0.29) is 12.1 Å². The van der Waals surface area contributed by atoms with E-state index in [0.29, 0.717) is 31.7 Å². The standard InChI is InChI=1S/C17H30N2O4/c1-16(2,3)23-15(22)19-8-4-5-12(11-19)6-7-17(14(20)21)9-13(18)10-17/h12-13H,4-11,18H2,1-3H3,(H,20,21). The van der Waals surface area contributed by atoms with Crippen molar-refractivity contribution in [2.24, 2.45) is 17.1 Å². The molecule has 23 heavy (non-hydrogen) atoms. The van der Waals surface area contributed by atoms with Gasteiger partial charge in [0.25, 0.3) is 0 Å². The third-order valence-electron chi connectivity index (χ3n) is 4.96. The molecule has 1 aliphatic heterocycles. The van der Waals surface area contributed by atoms with Gasteiger partial charge in [-0.25, -0.2) is 4.79 Å². The van der Waals surface area contributed by atoms with Crippen molar-refractivity contribution >= 4 is 12.1 Å². The first kappa shape index (κ1) is 18.0. The van der Waals surface area contributed by atoms with Crippen LogP contribution in [-0.2, 0) is 9.53 Å². The summed E-state index contributed by atoms with van der Waals surface area (Å²) in [7, 11) is 0. The number of nitrogens with zero attached hydrogens (tertiary/aromatic N) is 1. The summed E-state index contributed by atoms with van der Waals surface area (Å²) in [5.74, 6) is -0.372. The molecule has 0 aromatic rings. The Hall–Kier alpha value is -1.30. The van der Waals surface area contributed by atoms with Gasteiger partial charge < -0.3 is 20.5 Å². The quantitative estimate of drug-likeness (QED) is 0.828. The fourth-order valence-corrected chi connectivity index (χ4v) is 3.70. The van der Waals surface area contributed by atoms with E-state index in [0.717, 1.165) is 25.8 Å². The van der Waals surface area contributed by atoms with Crippen LogP contribution in [0.3, 0.4) is 0 Å². The summed E-state index contributed by atoms with van der Waals surface area (Å²) in [4.78, 5) is 25.4. The summed E-state index contributed by atoms with van der Waals surface area (Å²) in [6.07, 6.45) is 4.36. The Balaban J connectivity index is 1.84. The number of carbonyl (C=O) groups is 2. The second-order valence-electron chi connectivity index (χ2n) is 8.23. The van der Waals surface area contributed by atoms with Crippen molar-refractivity contribution in [3.63, 3.8) is 0 Å². The summed E-state index contributed by atoms with van der Waals surface area (Å²) in [6, 6.07) is 0.0238. The molecular weight excluding hydrogens is 296 g/mol. The van der Waals surface area contributed by atoms with Crippen molar-refractivity contribution in [1.29, 1.82) is 0 Å². The highest BCUT2D eigenvalue weighted by Gasteiger charge is 2.48. The summed E-state index contributed by atoms with van der Waals surface area (Å²) in [6.45, 7) is 6.98. The Bertz CT molecular complexity index is 452. The van der Waals surface area contributed by atoms with Crippen molar-refractivity contribution in [3.8, 4) is 0 Å². The van der Waals surface area contributed by atoms with Crippen LogP contribution in [0.15, 0.2) is 0 Å². The van der Waals surface area contributed by atoms with Crippen LogP contribution in [-0.4, -0.2) is 46.8 Å². The van der Waals surface area contributed by atoms with Gasteiger partial charge in [-0.15, -0.1) is 0 Å². The minimum Gasteiger partial charge on any atom is -0.481 e. The molecule has 1 amide bonds. The molecule has 2 fully saturated rings. The lowest BCUT2D eigenvalue weighted by Crippen LogP contribution is -2.51. The lowest BCUT2D eigenvalue weighted by atomic mass is 9.62. The zero-order chi connectivity index (χ0) is 17.3. The number of carboxylic acid groups (broad SMARTS) is 1. The van der Waals surface area contributed by atoms with Crippen LogP contribution >= 0.6 is 0 Å². The van der Waals surface area contributed by atoms with E-state index >= 15 is 0 Å². The van der Waals surface area contributed by atoms with Gasteiger partial charge in [-0.2, -0.15) is 0 Å². The minimum absolute atomic E-state index is 0.0238. The maximum atomic E-state index is 12.2. The van der Waals surface area contributed by atoms with E-state index in [1.54, 1.807) is 4.90 Å². The Morgan fingerprint density at radius 3 is 2.52 bits per heavy atom. The van der Waals surface area contributed by atoms with Crippen LogP contribution in [0.5, 0.6) is 0 Å². The maximum Gasteiger partial charge on any atom is 0.410 e. The van der Waals surface area contributed by atoms with Gasteiger partial charge in [0.1, 0.15) is 5.60 Å². The number of carbonyl (C=O) groups excluding carboxylic acids is 1. The average molecular weight is 326 g/mol. The Kier molecular flexibility index (Phi) is 5.23. The first-order valence-electron chi connectivity index (χ1n) is 8.58. The molecule has 132 valence electrons. The number of carboxylic acids is 1. The highest BCUT2D eigenvalue weighted by molar-refractivity contribution is 5.76. The smallest absolute Gasteiger partial charge is 0.410 e. The maximum absolute atomic E-state index is 12.2. The molecule has 1 unspecified atom stereocenters. The van der Waals surface area contributed by atoms with E-state index in [2.05, 4.69) is 0 Å². The number of hydrogen-bond donors (Lipinski definition) is 2. The monoisotopic (exact) mass is 326 g/mol. The minimum atomic E-state index is -0.723. The lowest BCUT2D eigenvalue weighted by Gasteiger charge is -2.44. The number of nitrogens with two attached hydrogens (primary N) is 1. The highest BCUT2D eigenvalue weighted by atomic mass is 16.6. The average Bonchev–Trinajstić information content (AvgIpc) is 2.40. The van der Waals surface area contributed by atoms with Crippen LogP contribution in [0.2, 0.25) is 0 Å². The third-order valence-corrected chi connectivity index (χ3v) is 4.96. The molecule has 0 radical (unpaired) electrons. The van der Waals surface area contributed by atoms with Gasteiger partial charge in [0.2, 0.25) is 0 Å². The van der Waals surface area contributed by atoms with Crippen molar-refractivity contribution < 1.29 is 19.4 Å². The van der Waals surface area contributed by atoms with E-state index in [4.69, 9.17) is 10.5 Å². The van der Waals surface area contributed by atoms with Gasteiger partial charge in [-0.3, -0.25) is 4.79 Å². The molecule has 1 saturated carbocycles. The Labute approximate surface area is 138 Å². The largest absolute Gasteiger partial charge is 0.481 e. The normalized spacial score (nSPS) is 31.4. The van der Waals surface area contributed by atoms with Gasteiger partial charge in [0.05, 0.1) is 5.41 Å². The molecule has 6 nitrogen and oxygen atoms in total. The number of likely N-dealkylation sites (tertiary alicyclic amines) is 1. The second kappa shape index (κ2) is 6.67. The van der Waals surface area contributed by atoms with Crippen molar-refractivity contribution in [2.75, 3.05) is 13.1 Å². The van der Waals surface area contributed by atoms with Gasteiger partial charge in [0.15, 0.2) is 0 Å². The molecule has 0 aromatic carbocycles. The zero-order valence-corrected chi connectivity index (χ0v) is 14.5. The van der Waals surface area contributed by atoms with Gasteiger partial charge >= 0.3 is 12.1 Å². The SMILES string of the molecule is CC(C)(C)OC(=O)N1CCCC(CCC2(C(=O)O)CC(N)C2)C1. The number of aliphatic carboxylic acids is 1. The molecule has 3 N–H and O–H groups in total. The number of ether oxygens (including phenoxy) is 1. The molecule has 0 spiro atoms. The third kappa shape index (κ3) is 4.59. The predicted octanol–water partition coefficient (Wildman–Crippen LogP) is 2.61. The Morgan fingerprint density at radius 2 is 2.00 bits per heavy atom. The van der Waals surface area contributed by atoms with Crippen LogP contribution in [0.25, 0.3) is 0 Å². The van der Waals surface area contributed by atoms with Gasteiger partial charge in [-0.05, 0) is 65.2 Å². The molecule has 1 aliphatic carbocycles. The molecule has 1 saturated heterocycles. The second-order valence-corrected chi connectivity index (χ2v) is 8.23. The molecule has 1 atom stereocenters. The number of amides is 1. The van der Waals surface area contributed by atoms with Crippen molar-refractivity contribution in [3.05, 3.63) is 0 Å². The molecule has 0 bridgehead atoms. The first-order valence-corrected chi connectivity index (χ1v) is 8.58. The molecule has 6 heteroatoms. The topological polar surface area (TPSA) is 92.9 Å². The van der Waals surface area contributed by atoms with Crippen molar-refractivity contribution in [2.45, 2.75) is 70.9 Å². The Morgan fingerprint density at radius 1 is 1.35 bits per heavy atom. The van der Waals surface area contributed by atoms with E-state index in [1.165, 1.54) is 0 Å². The van der Waals surface area contributed by atoms with Crippen LogP contribution in [0.4, 0.5) is 4.79 Å². The molecule has 2 rings (SSSR count). The van der Waals surface area contributed by atoms with Gasteiger partial charge in [-0.1, -0.05) is 0 Å². The summed E-state index contributed by atoms with van der Waals surface area (Å²) < 4.78 is 5.43. The van der Waals surface area contributed by atoms with Crippen molar-refractivity contribution in [1.82, 2.24) is 4.90 Å². The summed E-state index contributed by atoms with van der Waals surface area (Å²) in [5.41, 5.74) is 4.67. The van der Waals surface area contributed by atoms with Crippen LogP contribution < -0.4 is 5.73 Å².